The number of rotatable bonds is 4. The summed E-state index contributed by atoms with van der Waals surface area (Å²) in [6.45, 7) is 0.948. The van der Waals surface area contributed by atoms with Crippen LogP contribution in [0.4, 0.5) is 0 Å². The molecule has 0 aromatic heterocycles. The molecule has 0 aliphatic carbocycles. The van der Waals surface area contributed by atoms with Gasteiger partial charge in [0.05, 0.1) is 6.61 Å². The first-order chi connectivity index (χ1) is 10.4. The number of benzene rings is 1. The zero-order valence-electron chi connectivity index (χ0n) is 12.0. The zero-order valence-corrected chi connectivity index (χ0v) is 12.0. The fraction of sp³-hybridized carbons (Fsp3) is 0.533. The first-order valence-electron chi connectivity index (χ1n) is 6.88. The topological polar surface area (TPSA) is 123 Å². The predicted molar refractivity (Wildman–Crippen MR) is 74.3 cm³/mol. The molecular formula is C15H19NO6. The number of nitriles is 1. The van der Waals surface area contributed by atoms with E-state index in [1.165, 1.54) is 6.92 Å². The highest BCUT2D eigenvalue weighted by Gasteiger charge is 2.46. The molecule has 22 heavy (non-hydrogen) atoms. The van der Waals surface area contributed by atoms with Crippen LogP contribution < -0.4 is 0 Å². The highest BCUT2D eigenvalue weighted by Crippen LogP contribution is 2.31. The van der Waals surface area contributed by atoms with Gasteiger partial charge in [-0.25, -0.2) is 0 Å². The van der Waals surface area contributed by atoms with Crippen molar-refractivity contribution >= 4 is 0 Å². The molecule has 120 valence electrons. The largest absolute Gasteiger partial charge is 0.394 e. The first kappa shape index (κ1) is 16.8. The van der Waals surface area contributed by atoms with Crippen LogP contribution in [0.2, 0.25) is 0 Å². The number of hydrogen-bond acceptors (Lipinski definition) is 7. The minimum absolute atomic E-state index is 0.550. The highest BCUT2D eigenvalue weighted by atomic mass is 16.7. The van der Waals surface area contributed by atoms with Crippen LogP contribution in [-0.4, -0.2) is 57.7 Å². The molecule has 0 spiro atoms. The summed E-state index contributed by atoms with van der Waals surface area (Å²) < 4.78 is 10.8. The fourth-order valence-corrected chi connectivity index (χ4v) is 2.31. The van der Waals surface area contributed by atoms with E-state index in [0.717, 1.165) is 0 Å². The van der Waals surface area contributed by atoms with E-state index >= 15 is 0 Å². The van der Waals surface area contributed by atoms with Crippen LogP contribution in [-0.2, 0) is 15.1 Å². The molecule has 1 aromatic carbocycles. The Morgan fingerprint density at radius 2 is 1.82 bits per heavy atom. The second-order valence-electron chi connectivity index (χ2n) is 5.33. The Morgan fingerprint density at radius 1 is 1.18 bits per heavy atom. The standard InChI is InChI=1S/C15H19NO6/c1-15(8-16,9-5-3-2-4-6-9)22-14-13(20)12(19)11(18)10(7-17)21-14/h2-6,10-14,17-20H,7H2,1H3/t10-,11-,12+,13-,14+,15-/m1/s1. The van der Waals surface area contributed by atoms with Gasteiger partial charge in [0.15, 0.2) is 11.9 Å². The Labute approximate surface area is 128 Å². The van der Waals surface area contributed by atoms with Gasteiger partial charge in [0.2, 0.25) is 0 Å². The van der Waals surface area contributed by atoms with Crippen LogP contribution in [0.5, 0.6) is 0 Å². The molecule has 1 fully saturated rings. The minimum atomic E-state index is -1.55. The summed E-state index contributed by atoms with van der Waals surface area (Å²) in [5, 5.41) is 48.0. The van der Waals surface area contributed by atoms with Gasteiger partial charge in [0.1, 0.15) is 30.5 Å². The molecule has 4 N–H and O–H groups in total. The van der Waals surface area contributed by atoms with E-state index in [1.54, 1.807) is 30.3 Å². The molecule has 1 heterocycles. The summed E-state index contributed by atoms with van der Waals surface area (Å²) in [7, 11) is 0. The predicted octanol–water partition coefficient (Wildman–Crippen LogP) is -0.758. The molecule has 0 bridgehead atoms. The van der Waals surface area contributed by atoms with Gasteiger partial charge in [-0.1, -0.05) is 30.3 Å². The third-order valence-electron chi connectivity index (χ3n) is 3.74. The second-order valence-corrected chi connectivity index (χ2v) is 5.33. The van der Waals surface area contributed by atoms with Crippen LogP contribution in [0.1, 0.15) is 12.5 Å². The Kier molecular flexibility index (Phi) is 5.13. The fourth-order valence-electron chi connectivity index (χ4n) is 2.31. The molecule has 1 saturated heterocycles. The summed E-state index contributed by atoms with van der Waals surface area (Å²) in [5.41, 5.74) is -0.871. The van der Waals surface area contributed by atoms with E-state index in [1.807, 2.05) is 6.07 Å². The molecule has 1 aliphatic heterocycles. The molecule has 0 unspecified atom stereocenters. The van der Waals surface area contributed by atoms with Gasteiger partial charge in [-0.2, -0.15) is 5.26 Å². The van der Waals surface area contributed by atoms with Gasteiger partial charge in [-0.3, -0.25) is 0 Å². The molecule has 1 aliphatic rings. The third kappa shape index (κ3) is 3.13. The summed E-state index contributed by atoms with van der Waals surface area (Å²) >= 11 is 0. The normalized spacial score (nSPS) is 34.6. The average molecular weight is 309 g/mol. The summed E-state index contributed by atoms with van der Waals surface area (Å²) in [6, 6.07) is 10.6. The van der Waals surface area contributed by atoms with E-state index in [0.29, 0.717) is 5.56 Å². The Bertz CT molecular complexity index is 531. The Morgan fingerprint density at radius 3 is 2.36 bits per heavy atom. The van der Waals surface area contributed by atoms with Crippen LogP contribution in [0.15, 0.2) is 30.3 Å². The average Bonchev–Trinajstić information content (AvgIpc) is 2.56. The minimum Gasteiger partial charge on any atom is -0.394 e. The number of nitrogens with zero attached hydrogens (tertiary/aromatic N) is 1. The van der Waals surface area contributed by atoms with Gasteiger partial charge in [-0.05, 0) is 12.5 Å². The Hall–Kier alpha value is -1.53. The van der Waals surface area contributed by atoms with Crippen LogP contribution in [0.3, 0.4) is 0 Å². The van der Waals surface area contributed by atoms with Crippen molar-refractivity contribution in [1.82, 2.24) is 0 Å². The monoisotopic (exact) mass is 309 g/mol. The van der Waals surface area contributed by atoms with Crippen LogP contribution in [0, 0.1) is 11.3 Å². The smallest absolute Gasteiger partial charge is 0.189 e. The van der Waals surface area contributed by atoms with Crippen molar-refractivity contribution in [2.24, 2.45) is 0 Å². The molecular weight excluding hydrogens is 290 g/mol. The second kappa shape index (κ2) is 6.71. The maximum atomic E-state index is 9.98. The van der Waals surface area contributed by atoms with Crippen molar-refractivity contribution in [3.63, 3.8) is 0 Å². The lowest BCUT2D eigenvalue weighted by molar-refractivity contribution is -0.320. The number of aliphatic hydroxyl groups is 4. The molecule has 0 amide bonds. The highest BCUT2D eigenvalue weighted by molar-refractivity contribution is 5.27. The lowest BCUT2D eigenvalue weighted by atomic mass is 9.96. The molecule has 7 heteroatoms. The van der Waals surface area contributed by atoms with E-state index < -0.39 is 42.9 Å². The molecule has 1 aromatic rings. The quantitative estimate of drug-likeness (QED) is 0.576. The molecule has 6 atom stereocenters. The number of ether oxygens (including phenoxy) is 2. The first-order valence-corrected chi connectivity index (χ1v) is 6.88. The molecule has 7 nitrogen and oxygen atoms in total. The SMILES string of the molecule is C[C@](C#N)(O[C@@H]1O[C@H](CO)[C@@H](O)[C@H](O)[C@H]1O)c1ccccc1. The van der Waals surface area contributed by atoms with Crippen molar-refractivity contribution in [3.05, 3.63) is 35.9 Å². The zero-order chi connectivity index (χ0) is 16.3. The van der Waals surface area contributed by atoms with Crippen molar-refractivity contribution in [2.45, 2.75) is 43.2 Å². The summed E-state index contributed by atoms with van der Waals surface area (Å²) in [5.74, 6) is 0. The van der Waals surface area contributed by atoms with Crippen molar-refractivity contribution < 1.29 is 29.9 Å². The lowest BCUT2D eigenvalue weighted by Crippen LogP contribution is -2.60. The molecule has 0 radical (unpaired) electrons. The van der Waals surface area contributed by atoms with E-state index in [2.05, 4.69) is 0 Å². The van der Waals surface area contributed by atoms with E-state index in [4.69, 9.17) is 14.6 Å². The maximum Gasteiger partial charge on any atom is 0.189 e. The van der Waals surface area contributed by atoms with Crippen molar-refractivity contribution in [1.29, 1.82) is 5.26 Å². The Balaban J connectivity index is 2.22. The van der Waals surface area contributed by atoms with E-state index in [9.17, 15) is 20.6 Å². The van der Waals surface area contributed by atoms with Crippen LogP contribution >= 0.6 is 0 Å². The van der Waals surface area contributed by atoms with Gasteiger partial charge in [-0.15, -0.1) is 0 Å². The van der Waals surface area contributed by atoms with E-state index in [-0.39, 0.29) is 0 Å². The third-order valence-corrected chi connectivity index (χ3v) is 3.74. The summed E-state index contributed by atoms with van der Waals surface area (Å²) in [6.07, 6.45) is -7.00. The van der Waals surface area contributed by atoms with Crippen LogP contribution in [0.25, 0.3) is 0 Å². The number of hydrogen-bond donors (Lipinski definition) is 4. The van der Waals surface area contributed by atoms with Gasteiger partial charge in [0.25, 0.3) is 0 Å². The van der Waals surface area contributed by atoms with Crippen molar-refractivity contribution in [2.75, 3.05) is 6.61 Å². The molecule has 0 saturated carbocycles. The van der Waals surface area contributed by atoms with Gasteiger partial charge >= 0.3 is 0 Å². The van der Waals surface area contributed by atoms with Gasteiger partial charge < -0.3 is 29.9 Å². The van der Waals surface area contributed by atoms with Gasteiger partial charge in [0, 0.05) is 0 Å². The van der Waals surface area contributed by atoms with Crippen molar-refractivity contribution in [3.8, 4) is 6.07 Å². The maximum absolute atomic E-state index is 9.98. The number of aliphatic hydroxyl groups excluding tert-OH is 4. The summed E-state index contributed by atoms with van der Waals surface area (Å²) in [4.78, 5) is 0. The molecule has 2 rings (SSSR count). The lowest BCUT2D eigenvalue weighted by Gasteiger charge is -2.41.